The van der Waals surface area contributed by atoms with E-state index in [0.717, 1.165) is 5.56 Å². The minimum atomic E-state index is -1.26. The number of ether oxygens (including phenoxy) is 1. The number of rotatable bonds is 4. The molecule has 1 heterocycles. The van der Waals surface area contributed by atoms with Crippen molar-refractivity contribution in [3.05, 3.63) is 35.9 Å². The molecule has 0 amide bonds. The molecule has 1 aromatic rings. The molecule has 1 saturated heterocycles. The van der Waals surface area contributed by atoms with Crippen molar-refractivity contribution in [1.82, 2.24) is 4.90 Å². The topological polar surface area (TPSA) is 93.4 Å². The van der Waals surface area contributed by atoms with Crippen LogP contribution in [0.15, 0.2) is 30.3 Å². The minimum absolute atomic E-state index is 0.0542. The van der Waals surface area contributed by atoms with Crippen LogP contribution < -0.4 is 0 Å². The third-order valence-corrected chi connectivity index (χ3v) is 4.12. The molecule has 0 radical (unpaired) electrons. The molecule has 0 unspecified atom stereocenters. The number of hydrogen-bond donors (Lipinski definition) is 4. The summed E-state index contributed by atoms with van der Waals surface area (Å²) < 4.78 is 5.40. The SMILES string of the molecule is C[C@H]([C@H](O)c1ccccc1)N(C)[C@@H]1OC[C@H](O)[C@@H](O)[C@H]1O. The van der Waals surface area contributed by atoms with Crippen molar-refractivity contribution in [3.8, 4) is 0 Å². The van der Waals surface area contributed by atoms with Gasteiger partial charge in [-0.15, -0.1) is 0 Å². The predicted molar refractivity (Wildman–Crippen MR) is 76.4 cm³/mol. The fourth-order valence-electron chi connectivity index (χ4n) is 2.53. The Morgan fingerprint density at radius 3 is 2.38 bits per heavy atom. The van der Waals surface area contributed by atoms with Crippen molar-refractivity contribution in [2.45, 2.75) is 43.6 Å². The van der Waals surface area contributed by atoms with Crippen LogP contribution in [0.2, 0.25) is 0 Å². The van der Waals surface area contributed by atoms with Crippen LogP contribution in [0.3, 0.4) is 0 Å². The largest absolute Gasteiger partial charge is 0.388 e. The summed E-state index contributed by atoms with van der Waals surface area (Å²) in [5.74, 6) is 0. The third-order valence-electron chi connectivity index (χ3n) is 4.12. The van der Waals surface area contributed by atoms with Crippen molar-refractivity contribution < 1.29 is 25.2 Å². The fourth-order valence-corrected chi connectivity index (χ4v) is 2.53. The van der Waals surface area contributed by atoms with Gasteiger partial charge in [0, 0.05) is 6.04 Å². The standard InChI is InChI=1S/C15H23NO5/c1-9(12(18)10-6-4-3-5-7-10)16(2)15-14(20)13(19)11(17)8-21-15/h3-7,9,11-15,17-20H,8H2,1-2H3/t9-,11+,12+,13-,14-,15-/m1/s1. The Morgan fingerprint density at radius 2 is 1.76 bits per heavy atom. The third kappa shape index (κ3) is 3.42. The Labute approximate surface area is 124 Å². The molecule has 118 valence electrons. The van der Waals surface area contributed by atoms with Crippen LogP contribution in [0, 0.1) is 0 Å². The molecule has 1 aromatic carbocycles. The Balaban J connectivity index is 2.07. The van der Waals surface area contributed by atoms with E-state index in [2.05, 4.69) is 0 Å². The van der Waals surface area contributed by atoms with Gasteiger partial charge in [-0.2, -0.15) is 0 Å². The van der Waals surface area contributed by atoms with Gasteiger partial charge in [-0.05, 0) is 19.5 Å². The molecule has 2 rings (SSSR count). The molecule has 0 aromatic heterocycles. The van der Waals surface area contributed by atoms with E-state index in [-0.39, 0.29) is 12.6 Å². The van der Waals surface area contributed by atoms with Crippen molar-refractivity contribution in [3.63, 3.8) is 0 Å². The zero-order chi connectivity index (χ0) is 15.6. The first-order chi connectivity index (χ1) is 9.93. The number of nitrogens with zero attached hydrogens (tertiary/aromatic N) is 1. The lowest BCUT2D eigenvalue weighted by Gasteiger charge is -2.43. The maximum Gasteiger partial charge on any atom is 0.139 e. The summed E-state index contributed by atoms with van der Waals surface area (Å²) >= 11 is 0. The van der Waals surface area contributed by atoms with E-state index in [1.807, 2.05) is 37.3 Å². The minimum Gasteiger partial charge on any atom is -0.388 e. The maximum absolute atomic E-state index is 10.4. The van der Waals surface area contributed by atoms with Gasteiger partial charge in [0.15, 0.2) is 0 Å². The van der Waals surface area contributed by atoms with Gasteiger partial charge in [0.05, 0.1) is 12.7 Å². The molecule has 4 N–H and O–H groups in total. The number of aliphatic hydroxyl groups is 4. The fraction of sp³-hybridized carbons (Fsp3) is 0.600. The number of hydrogen-bond acceptors (Lipinski definition) is 6. The maximum atomic E-state index is 10.4. The molecule has 1 aliphatic rings. The molecule has 0 spiro atoms. The lowest BCUT2D eigenvalue weighted by molar-refractivity contribution is -0.233. The van der Waals surface area contributed by atoms with Gasteiger partial charge in [0.2, 0.25) is 0 Å². The van der Waals surface area contributed by atoms with Crippen LogP contribution in [0.5, 0.6) is 0 Å². The van der Waals surface area contributed by atoms with Crippen molar-refractivity contribution >= 4 is 0 Å². The summed E-state index contributed by atoms with van der Waals surface area (Å²) in [7, 11) is 1.70. The highest BCUT2D eigenvalue weighted by molar-refractivity contribution is 5.18. The molecule has 0 bridgehead atoms. The van der Waals surface area contributed by atoms with Gasteiger partial charge >= 0.3 is 0 Å². The molecule has 6 atom stereocenters. The van der Waals surface area contributed by atoms with Gasteiger partial charge in [-0.1, -0.05) is 30.3 Å². The van der Waals surface area contributed by atoms with E-state index >= 15 is 0 Å². The molecular weight excluding hydrogens is 274 g/mol. The molecule has 21 heavy (non-hydrogen) atoms. The van der Waals surface area contributed by atoms with Gasteiger partial charge in [-0.25, -0.2) is 0 Å². The zero-order valence-corrected chi connectivity index (χ0v) is 12.2. The van der Waals surface area contributed by atoms with E-state index in [1.165, 1.54) is 0 Å². The van der Waals surface area contributed by atoms with Gasteiger partial charge in [0.1, 0.15) is 24.5 Å². The second-order valence-electron chi connectivity index (χ2n) is 5.53. The van der Waals surface area contributed by atoms with E-state index in [4.69, 9.17) is 4.74 Å². The van der Waals surface area contributed by atoms with Gasteiger partial charge < -0.3 is 25.2 Å². The second kappa shape index (κ2) is 6.83. The number of aliphatic hydroxyl groups excluding tert-OH is 4. The smallest absolute Gasteiger partial charge is 0.139 e. The van der Waals surface area contributed by atoms with E-state index in [0.29, 0.717) is 0 Å². The Bertz CT molecular complexity index is 443. The van der Waals surface area contributed by atoms with Gasteiger partial charge in [0.25, 0.3) is 0 Å². The lowest BCUT2D eigenvalue weighted by Crippen LogP contribution is -2.60. The van der Waals surface area contributed by atoms with E-state index in [1.54, 1.807) is 11.9 Å². The van der Waals surface area contributed by atoms with Gasteiger partial charge in [-0.3, -0.25) is 4.90 Å². The van der Waals surface area contributed by atoms with Crippen molar-refractivity contribution in [2.24, 2.45) is 0 Å². The van der Waals surface area contributed by atoms with Crippen LogP contribution in [-0.4, -0.2) is 69.6 Å². The van der Waals surface area contributed by atoms with Crippen LogP contribution in [-0.2, 0) is 4.74 Å². The molecule has 1 aliphatic heterocycles. The summed E-state index contributed by atoms with van der Waals surface area (Å²) in [4.78, 5) is 1.66. The van der Waals surface area contributed by atoms with E-state index in [9.17, 15) is 20.4 Å². The first-order valence-corrected chi connectivity index (χ1v) is 7.04. The second-order valence-corrected chi connectivity index (χ2v) is 5.53. The van der Waals surface area contributed by atoms with E-state index < -0.39 is 30.6 Å². The predicted octanol–water partition coefficient (Wildman–Crippen LogP) is -0.521. The van der Waals surface area contributed by atoms with Crippen LogP contribution >= 0.6 is 0 Å². The molecule has 6 nitrogen and oxygen atoms in total. The molecule has 6 heteroatoms. The highest BCUT2D eigenvalue weighted by Crippen LogP contribution is 2.25. The van der Waals surface area contributed by atoms with Crippen molar-refractivity contribution in [2.75, 3.05) is 13.7 Å². The molecule has 1 fully saturated rings. The summed E-state index contributed by atoms with van der Waals surface area (Å²) in [6, 6.07) is 8.87. The number of likely N-dealkylation sites (N-methyl/N-ethyl adjacent to an activating group) is 1. The number of benzene rings is 1. The summed E-state index contributed by atoms with van der Waals surface area (Å²) in [6.07, 6.45) is -5.12. The molecule has 0 aliphatic carbocycles. The van der Waals surface area contributed by atoms with Crippen LogP contribution in [0.25, 0.3) is 0 Å². The lowest BCUT2D eigenvalue weighted by atomic mass is 9.99. The quantitative estimate of drug-likeness (QED) is 0.597. The van der Waals surface area contributed by atoms with Crippen LogP contribution in [0.1, 0.15) is 18.6 Å². The zero-order valence-electron chi connectivity index (χ0n) is 12.2. The summed E-state index contributed by atoms with van der Waals surface area (Å²) in [5, 5.41) is 39.6. The highest BCUT2D eigenvalue weighted by atomic mass is 16.5. The van der Waals surface area contributed by atoms with Crippen LogP contribution in [0.4, 0.5) is 0 Å². The average Bonchev–Trinajstić information content (AvgIpc) is 2.51. The van der Waals surface area contributed by atoms with Crippen molar-refractivity contribution in [1.29, 1.82) is 0 Å². The Hall–Kier alpha value is -1.02. The average molecular weight is 297 g/mol. The first-order valence-electron chi connectivity index (χ1n) is 7.04. The summed E-state index contributed by atoms with van der Waals surface area (Å²) in [5.41, 5.74) is 0.766. The molecule has 0 saturated carbocycles. The Kier molecular flexibility index (Phi) is 5.32. The normalized spacial score (nSPS) is 32.9. The summed E-state index contributed by atoms with van der Waals surface area (Å²) in [6.45, 7) is 1.76. The first kappa shape index (κ1) is 16.4. The highest BCUT2D eigenvalue weighted by Gasteiger charge is 2.41. The Morgan fingerprint density at radius 1 is 1.14 bits per heavy atom. The monoisotopic (exact) mass is 297 g/mol. The molecular formula is C15H23NO5.